The van der Waals surface area contributed by atoms with Crippen LogP contribution in [-0.2, 0) is 19.4 Å². The fourth-order valence-corrected chi connectivity index (χ4v) is 6.25. The summed E-state index contributed by atoms with van der Waals surface area (Å²) in [7, 11) is 0. The number of rotatable bonds is 4. The van der Waals surface area contributed by atoms with Crippen molar-refractivity contribution in [3.8, 4) is 17.3 Å². The number of nitrogens with zero attached hydrogens (tertiary/aromatic N) is 6. The van der Waals surface area contributed by atoms with Crippen LogP contribution in [0.4, 0.5) is 5.00 Å². The third kappa shape index (κ3) is 3.92. The van der Waals surface area contributed by atoms with Gasteiger partial charge in [-0.1, -0.05) is 20.8 Å². The average Bonchev–Trinajstić information content (AvgIpc) is 3.51. The number of nitrogens with one attached hydrogen (secondary N) is 1. The van der Waals surface area contributed by atoms with Gasteiger partial charge in [0.15, 0.2) is 5.65 Å². The number of carbonyl (C=O) groups is 1. The van der Waals surface area contributed by atoms with Gasteiger partial charge in [-0.3, -0.25) is 9.48 Å². The Morgan fingerprint density at radius 3 is 2.80 bits per heavy atom. The summed E-state index contributed by atoms with van der Waals surface area (Å²) in [6, 6.07) is 4.21. The van der Waals surface area contributed by atoms with Crippen LogP contribution in [0.15, 0.2) is 24.7 Å². The molecule has 0 aromatic carbocycles. The maximum absolute atomic E-state index is 13.3. The zero-order chi connectivity index (χ0) is 24.9. The molecule has 4 aromatic heterocycles. The molecule has 0 fully saturated rings. The van der Waals surface area contributed by atoms with E-state index in [9.17, 15) is 10.1 Å². The summed E-state index contributed by atoms with van der Waals surface area (Å²) < 4.78 is 3.60. The highest BCUT2D eigenvalue weighted by Crippen LogP contribution is 2.44. The quantitative estimate of drug-likeness (QED) is 0.423. The van der Waals surface area contributed by atoms with Gasteiger partial charge in [-0.15, -0.1) is 11.3 Å². The van der Waals surface area contributed by atoms with E-state index in [2.05, 4.69) is 47.3 Å². The van der Waals surface area contributed by atoms with Gasteiger partial charge in [0.05, 0.1) is 23.7 Å². The van der Waals surface area contributed by atoms with Gasteiger partial charge in [-0.2, -0.15) is 15.5 Å². The molecule has 4 aromatic rings. The molecule has 8 nitrogen and oxygen atoms in total. The monoisotopic (exact) mass is 487 g/mol. The summed E-state index contributed by atoms with van der Waals surface area (Å²) in [6.45, 7) is 11.6. The van der Waals surface area contributed by atoms with E-state index in [0.717, 1.165) is 48.3 Å². The molecule has 4 heterocycles. The van der Waals surface area contributed by atoms with Crippen LogP contribution in [0, 0.1) is 29.6 Å². The Bertz CT molecular complexity index is 1480. The SMILES string of the molecule is CCn1ncc(-c2ccnc3c(C(=O)Nc4sc5c(c4C#N)CC[C@H](C(C)(C)C)C5)cnn23)c1C. The minimum Gasteiger partial charge on any atom is -0.312 e. The molecule has 1 amide bonds. The van der Waals surface area contributed by atoms with Crippen LogP contribution in [-0.4, -0.2) is 30.3 Å². The van der Waals surface area contributed by atoms with E-state index in [1.54, 1.807) is 10.7 Å². The number of hydrogen-bond donors (Lipinski definition) is 1. The largest absolute Gasteiger partial charge is 0.312 e. The summed E-state index contributed by atoms with van der Waals surface area (Å²) in [5, 5.41) is 22.4. The number of anilines is 1. The molecule has 35 heavy (non-hydrogen) atoms. The van der Waals surface area contributed by atoms with Crippen LogP contribution in [0.5, 0.6) is 0 Å². The van der Waals surface area contributed by atoms with Gasteiger partial charge >= 0.3 is 0 Å². The zero-order valence-corrected chi connectivity index (χ0v) is 21.5. The highest BCUT2D eigenvalue weighted by molar-refractivity contribution is 7.16. The van der Waals surface area contributed by atoms with E-state index < -0.39 is 0 Å². The summed E-state index contributed by atoms with van der Waals surface area (Å²) in [5.74, 6) is 0.250. The number of fused-ring (bicyclic) bond motifs is 2. The Kier molecular flexibility index (Phi) is 5.72. The van der Waals surface area contributed by atoms with Crippen molar-refractivity contribution in [2.75, 3.05) is 5.32 Å². The molecule has 0 radical (unpaired) electrons. The summed E-state index contributed by atoms with van der Waals surface area (Å²) >= 11 is 1.53. The van der Waals surface area contributed by atoms with Crippen molar-refractivity contribution in [1.29, 1.82) is 5.26 Å². The van der Waals surface area contributed by atoms with Crippen LogP contribution in [0.2, 0.25) is 0 Å². The maximum Gasteiger partial charge on any atom is 0.261 e. The van der Waals surface area contributed by atoms with E-state index in [0.29, 0.717) is 27.7 Å². The molecule has 0 aliphatic heterocycles. The summed E-state index contributed by atoms with van der Waals surface area (Å²) in [4.78, 5) is 19.0. The Morgan fingerprint density at radius 2 is 2.11 bits per heavy atom. The standard InChI is InChI=1S/C26H29N7OS/c1-6-32-15(2)19(13-29-32)21-9-10-28-23-20(14-30-33(21)23)24(34)31-25-18(12-27)17-8-7-16(26(3,4)5)11-22(17)35-25/h9-10,13-14,16H,6-8,11H2,1-5H3,(H,31,34)/t16-/m0/s1. The van der Waals surface area contributed by atoms with Crippen molar-refractivity contribution in [1.82, 2.24) is 24.4 Å². The average molecular weight is 488 g/mol. The minimum absolute atomic E-state index is 0.213. The molecule has 0 spiro atoms. The number of thiophene rings is 1. The van der Waals surface area contributed by atoms with E-state index >= 15 is 0 Å². The number of nitriles is 1. The lowest BCUT2D eigenvalue weighted by Crippen LogP contribution is -2.26. The smallest absolute Gasteiger partial charge is 0.261 e. The second-order valence-corrected chi connectivity index (χ2v) is 11.3. The molecule has 1 N–H and O–H groups in total. The number of amides is 1. The van der Waals surface area contributed by atoms with Crippen molar-refractivity contribution < 1.29 is 4.79 Å². The molecule has 0 saturated carbocycles. The van der Waals surface area contributed by atoms with E-state index in [1.807, 2.05) is 30.8 Å². The van der Waals surface area contributed by atoms with Gasteiger partial charge in [0.1, 0.15) is 16.6 Å². The van der Waals surface area contributed by atoms with Gasteiger partial charge in [0, 0.05) is 28.9 Å². The molecule has 0 unspecified atom stereocenters. The molecule has 1 aliphatic rings. The van der Waals surface area contributed by atoms with Crippen LogP contribution in [0.3, 0.4) is 0 Å². The highest BCUT2D eigenvalue weighted by atomic mass is 32.1. The van der Waals surface area contributed by atoms with Crippen molar-refractivity contribution >= 4 is 27.9 Å². The zero-order valence-electron chi connectivity index (χ0n) is 20.7. The first-order valence-electron chi connectivity index (χ1n) is 11.9. The number of aryl methyl sites for hydroxylation is 1. The van der Waals surface area contributed by atoms with Crippen molar-refractivity contribution in [2.24, 2.45) is 11.3 Å². The third-order valence-electron chi connectivity index (χ3n) is 7.15. The van der Waals surface area contributed by atoms with E-state index in [1.165, 1.54) is 22.4 Å². The highest BCUT2D eigenvalue weighted by Gasteiger charge is 2.32. The van der Waals surface area contributed by atoms with Crippen molar-refractivity contribution in [3.05, 3.63) is 51.9 Å². The number of aromatic nitrogens is 5. The molecule has 180 valence electrons. The predicted octanol–water partition coefficient (Wildman–Crippen LogP) is 5.26. The number of hydrogen-bond acceptors (Lipinski definition) is 6. The van der Waals surface area contributed by atoms with E-state index in [-0.39, 0.29) is 11.3 Å². The third-order valence-corrected chi connectivity index (χ3v) is 8.32. The summed E-state index contributed by atoms with van der Waals surface area (Å²) in [5.41, 5.74) is 5.54. The molecular formula is C26H29N7OS. The van der Waals surface area contributed by atoms with Crippen LogP contribution in [0.1, 0.15) is 66.2 Å². The molecule has 1 atom stereocenters. The van der Waals surface area contributed by atoms with Crippen molar-refractivity contribution in [2.45, 2.75) is 60.4 Å². The van der Waals surface area contributed by atoms with Crippen LogP contribution < -0.4 is 5.32 Å². The van der Waals surface area contributed by atoms with Gasteiger partial charge in [0.25, 0.3) is 5.91 Å². The van der Waals surface area contributed by atoms with Crippen LogP contribution >= 0.6 is 11.3 Å². The molecule has 5 rings (SSSR count). The molecule has 0 saturated heterocycles. The Morgan fingerprint density at radius 1 is 1.31 bits per heavy atom. The lowest BCUT2D eigenvalue weighted by molar-refractivity contribution is 0.102. The molecule has 1 aliphatic carbocycles. The number of carbonyl (C=O) groups excluding carboxylic acids is 1. The first-order valence-corrected chi connectivity index (χ1v) is 12.8. The fourth-order valence-electron chi connectivity index (χ4n) is 4.97. The Balaban J connectivity index is 1.47. The lowest BCUT2D eigenvalue weighted by atomic mass is 9.72. The lowest BCUT2D eigenvalue weighted by Gasteiger charge is -2.33. The second kappa shape index (κ2) is 8.61. The fraction of sp³-hybridized carbons (Fsp3) is 0.423. The minimum atomic E-state index is -0.312. The first kappa shape index (κ1) is 23.2. The predicted molar refractivity (Wildman–Crippen MR) is 137 cm³/mol. The van der Waals surface area contributed by atoms with Crippen LogP contribution in [0.25, 0.3) is 16.9 Å². The maximum atomic E-state index is 13.3. The van der Waals surface area contributed by atoms with Gasteiger partial charge < -0.3 is 5.32 Å². The molecule has 0 bridgehead atoms. The van der Waals surface area contributed by atoms with Crippen molar-refractivity contribution in [3.63, 3.8) is 0 Å². The van der Waals surface area contributed by atoms with Gasteiger partial charge in [-0.25, -0.2) is 9.50 Å². The normalized spacial score (nSPS) is 15.7. The molecular weight excluding hydrogens is 458 g/mol. The summed E-state index contributed by atoms with van der Waals surface area (Å²) in [6.07, 6.45) is 7.91. The molecule has 9 heteroatoms. The van der Waals surface area contributed by atoms with E-state index in [4.69, 9.17) is 0 Å². The van der Waals surface area contributed by atoms with Gasteiger partial charge in [-0.05, 0) is 56.1 Å². The Labute approximate surface area is 208 Å². The van der Waals surface area contributed by atoms with Gasteiger partial charge in [0.2, 0.25) is 0 Å². The topological polar surface area (TPSA) is 101 Å². The second-order valence-electron chi connectivity index (χ2n) is 10.2. The Hall–Kier alpha value is -3.51. The first-order chi connectivity index (χ1) is 16.7.